The third kappa shape index (κ3) is 5.98. The molecule has 238 valence electrons. The number of carbonyl (C=O) groups excluding carboxylic acids is 2. The molecular formula is C28H24N6O12. The van der Waals surface area contributed by atoms with Crippen molar-refractivity contribution in [3.05, 3.63) is 78.5 Å². The van der Waals surface area contributed by atoms with Gasteiger partial charge in [-0.1, -0.05) is 5.21 Å². The number of aryl methyl sites for hydroxylation is 1. The molecule has 0 saturated carbocycles. The molecule has 18 nitrogen and oxygen atoms in total. The summed E-state index contributed by atoms with van der Waals surface area (Å²) in [7, 11) is 0. The van der Waals surface area contributed by atoms with E-state index in [1.54, 1.807) is 0 Å². The van der Waals surface area contributed by atoms with Gasteiger partial charge in [0.2, 0.25) is 16.8 Å². The lowest BCUT2D eigenvalue weighted by atomic mass is 10.0. The van der Waals surface area contributed by atoms with Crippen molar-refractivity contribution in [2.24, 2.45) is 0 Å². The lowest BCUT2D eigenvalue weighted by Crippen LogP contribution is -2.28. The number of phenols is 2. The van der Waals surface area contributed by atoms with Crippen LogP contribution in [0.15, 0.2) is 49.6 Å². The van der Waals surface area contributed by atoms with Gasteiger partial charge in [-0.05, 0) is 13.3 Å². The minimum Gasteiger partial charge on any atom is -0.504 e. The van der Waals surface area contributed by atoms with Crippen molar-refractivity contribution >= 4 is 34.5 Å². The summed E-state index contributed by atoms with van der Waals surface area (Å²) in [6.07, 6.45) is 3.21. The molecule has 0 bridgehead atoms. The van der Waals surface area contributed by atoms with Gasteiger partial charge in [0.15, 0.2) is 17.2 Å². The summed E-state index contributed by atoms with van der Waals surface area (Å²) in [4.78, 5) is 77.6. The number of fused-ring (bicyclic) bond motifs is 2. The number of phenolic OH excluding ortho intramolecular Hbond substituents is 2. The second-order valence-electron chi connectivity index (χ2n) is 10.0. The average Bonchev–Trinajstić information content (AvgIpc) is 3.44. The topological polar surface area (TPSA) is 269 Å². The number of hydrogen-bond donors (Lipinski definition) is 6. The van der Waals surface area contributed by atoms with Crippen LogP contribution in [0.25, 0.3) is 27.7 Å². The molecule has 0 saturated heterocycles. The third-order valence-corrected chi connectivity index (χ3v) is 6.78. The first-order valence-electron chi connectivity index (χ1n) is 13.4. The normalized spacial score (nSPS) is 11.2. The van der Waals surface area contributed by atoms with E-state index in [9.17, 15) is 44.1 Å². The molecule has 4 aromatic heterocycles. The SMILES string of the molecule is Cc1[nH]c2cc(=O)c(O)cn2c(=O)c1-c1coc2cc(O)c(O)c(C(=O)OCc3cn(CC(=O)NCCCC(=O)O)nn3)c2c1=O. The fourth-order valence-corrected chi connectivity index (χ4v) is 4.64. The summed E-state index contributed by atoms with van der Waals surface area (Å²) in [5, 5.41) is 48.9. The first kappa shape index (κ1) is 31.0. The molecule has 6 N–H and O–H groups in total. The van der Waals surface area contributed by atoms with Gasteiger partial charge in [-0.3, -0.25) is 28.4 Å². The van der Waals surface area contributed by atoms with Crippen molar-refractivity contribution in [2.75, 3.05) is 6.54 Å². The van der Waals surface area contributed by atoms with Crippen LogP contribution in [-0.2, 0) is 27.5 Å². The number of hydrogen-bond acceptors (Lipinski definition) is 13. The first-order valence-corrected chi connectivity index (χ1v) is 13.4. The molecule has 4 heterocycles. The van der Waals surface area contributed by atoms with Crippen LogP contribution in [0.1, 0.15) is 34.6 Å². The maximum atomic E-state index is 13.8. The molecule has 5 rings (SSSR count). The van der Waals surface area contributed by atoms with Gasteiger partial charge in [-0.15, -0.1) is 5.10 Å². The van der Waals surface area contributed by atoms with E-state index in [1.807, 2.05) is 0 Å². The number of ether oxygens (including phenoxy) is 1. The number of H-pyrrole nitrogens is 1. The summed E-state index contributed by atoms with van der Waals surface area (Å²) in [6.45, 7) is 0.781. The average molecular weight is 637 g/mol. The third-order valence-electron chi connectivity index (χ3n) is 6.78. The summed E-state index contributed by atoms with van der Waals surface area (Å²) in [6, 6.07) is 1.88. The van der Waals surface area contributed by atoms with Gasteiger partial charge in [-0.2, -0.15) is 0 Å². The van der Waals surface area contributed by atoms with Crippen LogP contribution >= 0.6 is 0 Å². The molecule has 0 fully saturated rings. The minimum atomic E-state index is -1.28. The molecule has 0 spiro atoms. The zero-order valence-electron chi connectivity index (χ0n) is 23.8. The molecule has 0 aliphatic carbocycles. The molecule has 0 aliphatic rings. The number of aromatic amines is 1. The highest BCUT2D eigenvalue weighted by atomic mass is 16.5. The zero-order chi connectivity index (χ0) is 33.3. The van der Waals surface area contributed by atoms with Crippen molar-refractivity contribution in [3.8, 4) is 28.4 Å². The zero-order valence-corrected chi connectivity index (χ0v) is 23.8. The number of nitrogens with one attached hydrogen (secondary N) is 2. The van der Waals surface area contributed by atoms with Gasteiger partial charge in [0.1, 0.15) is 41.9 Å². The highest BCUT2D eigenvalue weighted by Gasteiger charge is 2.27. The van der Waals surface area contributed by atoms with Gasteiger partial charge >= 0.3 is 11.9 Å². The molecule has 0 radical (unpaired) electrons. The number of amides is 1. The molecular weight excluding hydrogens is 612 g/mol. The molecule has 0 unspecified atom stereocenters. The van der Waals surface area contributed by atoms with Crippen LogP contribution in [0.3, 0.4) is 0 Å². The lowest BCUT2D eigenvalue weighted by Gasteiger charge is -2.12. The van der Waals surface area contributed by atoms with Crippen LogP contribution in [0, 0.1) is 6.92 Å². The number of aromatic nitrogens is 5. The monoisotopic (exact) mass is 636 g/mol. The number of nitrogens with zero attached hydrogens (tertiary/aromatic N) is 4. The molecule has 1 aromatic carbocycles. The Bertz CT molecular complexity index is 2230. The predicted molar refractivity (Wildman–Crippen MR) is 155 cm³/mol. The lowest BCUT2D eigenvalue weighted by molar-refractivity contribution is -0.137. The molecule has 18 heteroatoms. The molecule has 0 aliphatic heterocycles. The highest BCUT2D eigenvalue weighted by Crippen LogP contribution is 2.36. The van der Waals surface area contributed by atoms with E-state index in [0.717, 1.165) is 33.7 Å². The number of aromatic hydroxyl groups is 3. The summed E-state index contributed by atoms with van der Waals surface area (Å²) in [5.41, 5.74) is -3.98. The first-order chi connectivity index (χ1) is 21.8. The Kier molecular flexibility index (Phi) is 8.26. The number of benzene rings is 1. The number of carbonyl (C=O) groups is 3. The van der Waals surface area contributed by atoms with Crippen LogP contribution in [0.5, 0.6) is 17.2 Å². The number of rotatable bonds is 10. The molecule has 0 atom stereocenters. The second-order valence-corrected chi connectivity index (χ2v) is 10.0. The number of aliphatic carboxylic acids is 1. The fraction of sp³-hybridized carbons (Fsp3) is 0.214. The smallest absolute Gasteiger partial charge is 0.343 e. The Labute approximate surface area is 254 Å². The van der Waals surface area contributed by atoms with E-state index in [1.165, 1.54) is 13.1 Å². The Morgan fingerprint density at radius 1 is 1.09 bits per heavy atom. The molecule has 46 heavy (non-hydrogen) atoms. The Balaban J connectivity index is 1.44. The maximum Gasteiger partial charge on any atom is 0.343 e. The number of pyridine rings is 1. The summed E-state index contributed by atoms with van der Waals surface area (Å²) in [5.74, 6) is -5.27. The van der Waals surface area contributed by atoms with E-state index in [4.69, 9.17) is 14.3 Å². The predicted octanol–water partition coefficient (Wildman–Crippen LogP) is 0.116. The maximum absolute atomic E-state index is 13.8. The Morgan fingerprint density at radius 2 is 1.85 bits per heavy atom. The van der Waals surface area contributed by atoms with Gasteiger partial charge in [0, 0.05) is 30.8 Å². The van der Waals surface area contributed by atoms with E-state index < -0.39 is 69.1 Å². The Hall–Kier alpha value is -6.46. The van der Waals surface area contributed by atoms with Gasteiger partial charge in [0.25, 0.3) is 5.56 Å². The number of esters is 1. The van der Waals surface area contributed by atoms with Crippen LogP contribution in [0.2, 0.25) is 0 Å². The number of carboxylic acid groups (broad SMARTS) is 1. The van der Waals surface area contributed by atoms with Crippen molar-refractivity contribution in [2.45, 2.75) is 32.9 Å². The van der Waals surface area contributed by atoms with E-state index >= 15 is 0 Å². The molecule has 1 amide bonds. The summed E-state index contributed by atoms with van der Waals surface area (Å²) < 4.78 is 12.7. The second kappa shape index (κ2) is 12.3. The summed E-state index contributed by atoms with van der Waals surface area (Å²) >= 11 is 0. The van der Waals surface area contributed by atoms with Crippen molar-refractivity contribution in [1.29, 1.82) is 0 Å². The van der Waals surface area contributed by atoms with E-state index in [2.05, 4.69) is 20.6 Å². The van der Waals surface area contributed by atoms with Crippen LogP contribution < -0.4 is 21.7 Å². The van der Waals surface area contributed by atoms with Crippen LogP contribution in [-0.4, -0.2) is 69.2 Å². The van der Waals surface area contributed by atoms with Gasteiger partial charge in [-0.25, -0.2) is 9.48 Å². The van der Waals surface area contributed by atoms with Crippen molar-refractivity contribution in [3.63, 3.8) is 0 Å². The minimum absolute atomic E-state index is 0.0272. The van der Waals surface area contributed by atoms with E-state index in [-0.39, 0.29) is 59.7 Å². The van der Waals surface area contributed by atoms with E-state index in [0.29, 0.717) is 0 Å². The van der Waals surface area contributed by atoms with Gasteiger partial charge < -0.3 is 39.9 Å². The van der Waals surface area contributed by atoms with Crippen molar-refractivity contribution < 1.29 is 44.0 Å². The fourth-order valence-electron chi connectivity index (χ4n) is 4.64. The molecule has 5 aromatic rings. The quantitative estimate of drug-likeness (QED) is 0.0675. The van der Waals surface area contributed by atoms with Gasteiger partial charge in [0.05, 0.1) is 28.9 Å². The number of carboxylic acids is 1. The highest BCUT2D eigenvalue weighted by molar-refractivity contribution is 6.07. The van der Waals surface area contributed by atoms with Crippen LogP contribution in [0.4, 0.5) is 0 Å². The Morgan fingerprint density at radius 3 is 2.59 bits per heavy atom. The standard InChI is InChI=1S/C28H24N6O12/c1-12-22(27(43)34-8-17(37)15(35)6-19(34)30-12)14-11-45-18-5-16(36)26(42)24(23(18)25(14)41)28(44)46-10-13-7-33(32-31-13)9-20(38)29-4-2-3-21(39)40/h5-8,11,30,36-37,42H,2-4,9-10H2,1H3,(H,29,38)(H,39,40). The largest absolute Gasteiger partial charge is 0.504 e. The van der Waals surface area contributed by atoms with Crippen molar-refractivity contribution in [1.82, 2.24) is 29.7 Å².